The Kier molecular flexibility index (Phi) is 5.25. The molecular formula is C8H16ClNO2. The molecule has 12 heavy (non-hydrogen) atoms. The molecule has 0 saturated heterocycles. The van der Waals surface area contributed by atoms with Crippen molar-refractivity contribution in [2.45, 2.75) is 26.3 Å². The second-order valence-electron chi connectivity index (χ2n) is 2.96. The third kappa shape index (κ3) is 3.93. The van der Waals surface area contributed by atoms with Gasteiger partial charge in [-0.25, -0.2) is 0 Å². The number of carbonyl (C=O) groups is 1. The highest BCUT2D eigenvalue weighted by atomic mass is 35.5. The molecule has 0 aromatic rings. The molecule has 0 aromatic heterocycles. The first-order chi connectivity index (χ1) is 5.54. The highest BCUT2D eigenvalue weighted by Crippen LogP contribution is 2.04. The van der Waals surface area contributed by atoms with Crippen LogP contribution in [0, 0.1) is 0 Å². The largest absolute Gasteiger partial charge is 0.465 e. The van der Waals surface area contributed by atoms with Crippen molar-refractivity contribution in [2.75, 3.05) is 19.0 Å². The molecule has 1 N–H and O–H groups in total. The minimum atomic E-state index is -0.634. The predicted molar refractivity (Wildman–Crippen MR) is 49.4 cm³/mol. The fourth-order valence-corrected chi connectivity index (χ4v) is 0.838. The van der Waals surface area contributed by atoms with Crippen molar-refractivity contribution in [1.82, 2.24) is 5.32 Å². The summed E-state index contributed by atoms with van der Waals surface area (Å²) in [6.45, 7) is 6.35. The maximum absolute atomic E-state index is 11.2. The molecule has 0 rings (SSSR count). The van der Waals surface area contributed by atoms with Crippen molar-refractivity contribution in [2.24, 2.45) is 0 Å². The lowest BCUT2D eigenvalue weighted by Gasteiger charge is -2.23. The number of hydrogen-bond donors (Lipinski definition) is 1. The van der Waals surface area contributed by atoms with Gasteiger partial charge in [0.15, 0.2) is 0 Å². The number of carbonyl (C=O) groups excluding carboxylic acids is 1. The van der Waals surface area contributed by atoms with Crippen LogP contribution < -0.4 is 5.32 Å². The summed E-state index contributed by atoms with van der Waals surface area (Å²) in [5, 5.41) is 2.99. The smallest absolute Gasteiger partial charge is 0.325 e. The van der Waals surface area contributed by atoms with Crippen LogP contribution in [0.25, 0.3) is 0 Å². The zero-order valence-electron chi connectivity index (χ0n) is 7.82. The standard InChI is InChI=1S/C8H16ClNO2/c1-4-12-7(11)8(2,3)10-6-5-9/h10H,4-6H2,1-3H3. The molecule has 0 aliphatic heterocycles. The van der Waals surface area contributed by atoms with Crippen LogP contribution in [-0.2, 0) is 9.53 Å². The number of ether oxygens (including phenoxy) is 1. The number of esters is 1. The van der Waals surface area contributed by atoms with Crippen LogP contribution in [0.5, 0.6) is 0 Å². The molecule has 72 valence electrons. The molecule has 0 atom stereocenters. The van der Waals surface area contributed by atoms with Gasteiger partial charge in [0.25, 0.3) is 0 Å². The Labute approximate surface area is 78.4 Å². The zero-order valence-corrected chi connectivity index (χ0v) is 8.57. The second kappa shape index (κ2) is 5.38. The van der Waals surface area contributed by atoms with E-state index in [0.717, 1.165) is 0 Å². The van der Waals surface area contributed by atoms with E-state index in [1.54, 1.807) is 20.8 Å². The Balaban J connectivity index is 3.90. The van der Waals surface area contributed by atoms with Gasteiger partial charge < -0.3 is 10.1 Å². The molecule has 0 saturated carbocycles. The first-order valence-electron chi connectivity index (χ1n) is 4.02. The first kappa shape index (κ1) is 11.7. The van der Waals surface area contributed by atoms with Gasteiger partial charge in [0.05, 0.1) is 6.61 Å². The van der Waals surface area contributed by atoms with E-state index in [1.165, 1.54) is 0 Å². The molecule has 3 nitrogen and oxygen atoms in total. The van der Waals surface area contributed by atoms with Gasteiger partial charge in [0.1, 0.15) is 5.54 Å². The van der Waals surface area contributed by atoms with E-state index in [1.807, 2.05) is 0 Å². The maximum atomic E-state index is 11.2. The van der Waals surface area contributed by atoms with Gasteiger partial charge in [-0.15, -0.1) is 11.6 Å². The van der Waals surface area contributed by atoms with E-state index in [0.29, 0.717) is 19.0 Å². The normalized spacial score (nSPS) is 11.3. The van der Waals surface area contributed by atoms with Crippen molar-refractivity contribution in [1.29, 1.82) is 0 Å². The van der Waals surface area contributed by atoms with E-state index in [-0.39, 0.29) is 5.97 Å². The maximum Gasteiger partial charge on any atom is 0.325 e. The molecule has 0 aromatic carbocycles. The van der Waals surface area contributed by atoms with Crippen molar-refractivity contribution in [3.8, 4) is 0 Å². The van der Waals surface area contributed by atoms with Gasteiger partial charge in [0.2, 0.25) is 0 Å². The van der Waals surface area contributed by atoms with Crippen LogP contribution in [0.1, 0.15) is 20.8 Å². The molecule has 0 fully saturated rings. The molecular weight excluding hydrogens is 178 g/mol. The average Bonchev–Trinajstić information content (AvgIpc) is 2.01. The zero-order chi connectivity index (χ0) is 9.61. The lowest BCUT2D eigenvalue weighted by molar-refractivity contribution is -0.149. The van der Waals surface area contributed by atoms with Crippen LogP contribution >= 0.6 is 11.6 Å². The van der Waals surface area contributed by atoms with Crippen molar-refractivity contribution in [3.63, 3.8) is 0 Å². The van der Waals surface area contributed by atoms with E-state index >= 15 is 0 Å². The lowest BCUT2D eigenvalue weighted by Crippen LogP contribution is -2.48. The van der Waals surface area contributed by atoms with Gasteiger partial charge in [-0.2, -0.15) is 0 Å². The summed E-state index contributed by atoms with van der Waals surface area (Å²) in [5.41, 5.74) is -0.634. The topological polar surface area (TPSA) is 38.3 Å². The third-order valence-corrected chi connectivity index (χ3v) is 1.64. The Morgan fingerprint density at radius 1 is 1.58 bits per heavy atom. The minimum absolute atomic E-state index is 0.241. The Bertz CT molecular complexity index is 148. The number of hydrogen-bond acceptors (Lipinski definition) is 3. The van der Waals surface area contributed by atoms with Crippen molar-refractivity contribution < 1.29 is 9.53 Å². The fraction of sp³-hybridized carbons (Fsp3) is 0.875. The highest BCUT2D eigenvalue weighted by molar-refractivity contribution is 6.18. The Morgan fingerprint density at radius 2 is 2.17 bits per heavy atom. The highest BCUT2D eigenvalue weighted by Gasteiger charge is 2.27. The minimum Gasteiger partial charge on any atom is -0.465 e. The molecule has 4 heteroatoms. The van der Waals surface area contributed by atoms with E-state index < -0.39 is 5.54 Å². The molecule has 0 bridgehead atoms. The summed E-state index contributed by atoms with van der Waals surface area (Å²) in [6, 6.07) is 0. The fourth-order valence-electron chi connectivity index (χ4n) is 0.743. The molecule has 0 heterocycles. The molecule has 0 unspecified atom stereocenters. The number of alkyl halides is 1. The molecule has 0 radical (unpaired) electrons. The van der Waals surface area contributed by atoms with Gasteiger partial charge in [-0.05, 0) is 20.8 Å². The Morgan fingerprint density at radius 3 is 2.58 bits per heavy atom. The summed E-state index contributed by atoms with van der Waals surface area (Å²) in [4.78, 5) is 11.2. The Hall–Kier alpha value is -0.280. The summed E-state index contributed by atoms with van der Waals surface area (Å²) < 4.78 is 4.86. The summed E-state index contributed by atoms with van der Waals surface area (Å²) >= 11 is 5.47. The van der Waals surface area contributed by atoms with E-state index in [4.69, 9.17) is 16.3 Å². The second-order valence-corrected chi connectivity index (χ2v) is 3.34. The van der Waals surface area contributed by atoms with Crippen molar-refractivity contribution in [3.05, 3.63) is 0 Å². The number of nitrogens with one attached hydrogen (secondary N) is 1. The van der Waals surface area contributed by atoms with E-state index in [9.17, 15) is 4.79 Å². The van der Waals surface area contributed by atoms with Gasteiger partial charge in [0, 0.05) is 12.4 Å². The van der Waals surface area contributed by atoms with Crippen LogP contribution in [0.15, 0.2) is 0 Å². The summed E-state index contributed by atoms with van der Waals surface area (Å²) in [5.74, 6) is 0.248. The van der Waals surface area contributed by atoms with Crippen molar-refractivity contribution >= 4 is 17.6 Å². The van der Waals surface area contributed by atoms with Crippen LogP contribution in [0.4, 0.5) is 0 Å². The SMILES string of the molecule is CCOC(=O)C(C)(C)NCCCl. The monoisotopic (exact) mass is 193 g/mol. The van der Waals surface area contributed by atoms with Gasteiger partial charge in [-0.1, -0.05) is 0 Å². The predicted octanol–water partition coefficient (Wildman–Crippen LogP) is 1.16. The molecule has 0 amide bonds. The quantitative estimate of drug-likeness (QED) is 0.526. The van der Waals surface area contributed by atoms with Crippen LogP contribution in [0.3, 0.4) is 0 Å². The van der Waals surface area contributed by atoms with E-state index in [2.05, 4.69) is 5.32 Å². The molecule has 0 aliphatic carbocycles. The third-order valence-electron chi connectivity index (χ3n) is 1.45. The lowest BCUT2D eigenvalue weighted by atomic mass is 10.1. The number of rotatable bonds is 5. The van der Waals surface area contributed by atoms with Crippen LogP contribution in [-0.4, -0.2) is 30.5 Å². The molecule has 0 aliphatic rings. The van der Waals surface area contributed by atoms with Crippen LogP contribution in [0.2, 0.25) is 0 Å². The average molecular weight is 194 g/mol. The molecule has 0 spiro atoms. The summed E-state index contributed by atoms with van der Waals surface area (Å²) in [6.07, 6.45) is 0. The number of halogens is 1. The van der Waals surface area contributed by atoms with Gasteiger partial charge in [-0.3, -0.25) is 4.79 Å². The summed E-state index contributed by atoms with van der Waals surface area (Å²) in [7, 11) is 0. The first-order valence-corrected chi connectivity index (χ1v) is 4.56. The van der Waals surface area contributed by atoms with Gasteiger partial charge >= 0.3 is 5.97 Å².